The zero-order valence-corrected chi connectivity index (χ0v) is 17.0. The lowest BCUT2D eigenvalue weighted by Gasteiger charge is -2.18. The molecule has 0 radical (unpaired) electrons. The highest BCUT2D eigenvalue weighted by molar-refractivity contribution is 6.31. The maximum Gasteiger partial charge on any atom is 0.407 e. The summed E-state index contributed by atoms with van der Waals surface area (Å²) in [5, 5.41) is 15.3. The predicted octanol–water partition coefficient (Wildman–Crippen LogP) is 1.53. The van der Waals surface area contributed by atoms with Gasteiger partial charge in [0.05, 0.1) is 12.5 Å². The average Bonchev–Trinajstić information content (AvgIpc) is 2.72. The molecule has 2 rings (SSSR count). The molecule has 0 aliphatic heterocycles. The van der Waals surface area contributed by atoms with Crippen LogP contribution in [0.1, 0.15) is 17.5 Å². The number of nitrogens with one attached hydrogen (secondary N) is 2. The molecule has 2 atom stereocenters. The van der Waals surface area contributed by atoms with Crippen molar-refractivity contribution in [2.45, 2.75) is 31.6 Å². The van der Waals surface area contributed by atoms with E-state index in [2.05, 4.69) is 10.6 Å². The van der Waals surface area contributed by atoms with Gasteiger partial charge in [-0.25, -0.2) is 4.79 Å². The fourth-order valence-corrected chi connectivity index (χ4v) is 2.83. The SMILES string of the molecule is NC(=O)[C@@H](Cc1ccccc1Cl)NC(=O)C[C@@H](O)CNC(=O)OCc1ccccc1. The van der Waals surface area contributed by atoms with Gasteiger partial charge in [-0.3, -0.25) is 9.59 Å². The van der Waals surface area contributed by atoms with Gasteiger partial charge in [-0.05, 0) is 17.2 Å². The topological polar surface area (TPSA) is 131 Å². The van der Waals surface area contributed by atoms with E-state index >= 15 is 0 Å². The van der Waals surface area contributed by atoms with Crippen molar-refractivity contribution in [3.63, 3.8) is 0 Å². The van der Waals surface area contributed by atoms with Crippen LogP contribution in [0, 0.1) is 0 Å². The Balaban J connectivity index is 1.74. The van der Waals surface area contributed by atoms with Crippen LogP contribution in [-0.4, -0.2) is 41.7 Å². The first-order valence-electron chi connectivity index (χ1n) is 9.30. The number of hydrogen-bond donors (Lipinski definition) is 4. The van der Waals surface area contributed by atoms with Crippen LogP contribution in [0.25, 0.3) is 0 Å². The molecule has 0 heterocycles. The molecule has 0 fully saturated rings. The third-order valence-electron chi connectivity index (χ3n) is 4.18. The summed E-state index contributed by atoms with van der Waals surface area (Å²) in [6, 6.07) is 15.0. The summed E-state index contributed by atoms with van der Waals surface area (Å²) >= 11 is 6.07. The van der Waals surface area contributed by atoms with Crippen molar-refractivity contribution in [2.24, 2.45) is 5.73 Å². The summed E-state index contributed by atoms with van der Waals surface area (Å²) in [6.45, 7) is -0.0988. The lowest BCUT2D eigenvalue weighted by Crippen LogP contribution is -2.47. The molecule has 160 valence electrons. The molecule has 30 heavy (non-hydrogen) atoms. The molecule has 0 saturated carbocycles. The van der Waals surface area contributed by atoms with Crippen LogP contribution in [-0.2, 0) is 27.4 Å². The molecular weight excluding hydrogens is 410 g/mol. The molecule has 2 aromatic rings. The van der Waals surface area contributed by atoms with Crippen molar-refractivity contribution in [2.75, 3.05) is 6.54 Å². The van der Waals surface area contributed by atoms with Crippen molar-refractivity contribution >= 4 is 29.5 Å². The van der Waals surface area contributed by atoms with Crippen molar-refractivity contribution in [3.05, 3.63) is 70.7 Å². The summed E-state index contributed by atoms with van der Waals surface area (Å²) in [5.41, 5.74) is 6.84. The molecule has 5 N–H and O–H groups in total. The second-order valence-electron chi connectivity index (χ2n) is 6.62. The Bertz CT molecular complexity index is 863. The fraction of sp³-hybridized carbons (Fsp3) is 0.286. The smallest absolute Gasteiger partial charge is 0.407 e. The average molecular weight is 434 g/mol. The van der Waals surface area contributed by atoms with Crippen LogP contribution in [0.3, 0.4) is 0 Å². The van der Waals surface area contributed by atoms with Gasteiger partial charge in [-0.1, -0.05) is 60.1 Å². The third-order valence-corrected chi connectivity index (χ3v) is 4.55. The summed E-state index contributed by atoms with van der Waals surface area (Å²) in [7, 11) is 0. The Morgan fingerprint density at radius 2 is 1.73 bits per heavy atom. The number of nitrogens with two attached hydrogens (primary N) is 1. The maximum absolute atomic E-state index is 12.1. The van der Waals surface area contributed by atoms with Gasteiger partial charge in [-0.2, -0.15) is 0 Å². The monoisotopic (exact) mass is 433 g/mol. The molecule has 2 aromatic carbocycles. The van der Waals surface area contributed by atoms with Crippen LogP contribution in [0.15, 0.2) is 54.6 Å². The largest absolute Gasteiger partial charge is 0.445 e. The molecule has 3 amide bonds. The number of halogens is 1. The van der Waals surface area contributed by atoms with Crippen LogP contribution >= 0.6 is 11.6 Å². The number of aliphatic hydroxyl groups excluding tert-OH is 1. The molecule has 0 saturated heterocycles. The highest BCUT2D eigenvalue weighted by atomic mass is 35.5. The van der Waals surface area contributed by atoms with Gasteiger partial charge in [0.25, 0.3) is 0 Å². The number of carbonyl (C=O) groups is 3. The fourth-order valence-electron chi connectivity index (χ4n) is 2.62. The van der Waals surface area contributed by atoms with Crippen molar-refractivity contribution in [1.82, 2.24) is 10.6 Å². The first kappa shape index (κ1) is 23.2. The lowest BCUT2D eigenvalue weighted by molar-refractivity contribution is -0.128. The number of amides is 3. The van der Waals surface area contributed by atoms with Gasteiger partial charge in [-0.15, -0.1) is 0 Å². The van der Waals surface area contributed by atoms with Crippen LogP contribution in [0.4, 0.5) is 4.79 Å². The van der Waals surface area contributed by atoms with Gasteiger partial charge in [0, 0.05) is 18.0 Å². The summed E-state index contributed by atoms with van der Waals surface area (Å²) < 4.78 is 5.02. The number of rotatable bonds is 10. The van der Waals surface area contributed by atoms with E-state index in [1.165, 1.54) is 0 Å². The van der Waals surface area contributed by atoms with Crippen molar-refractivity contribution in [3.8, 4) is 0 Å². The first-order valence-corrected chi connectivity index (χ1v) is 9.67. The quantitative estimate of drug-likeness (QED) is 0.451. The Kier molecular flexibility index (Phi) is 9.11. The number of benzene rings is 2. The van der Waals surface area contributed by atoms with Crippen molar-refractivity contribution < 1.29 is 24.2 Å². The number of carbonyl (C=O) groups excluding carboxylic acids is 3. The minimum absolute atomic E-state index is 0.0889. The predicted molar refractivity (Wildman–Crippen MR) is 112 cm³/mol. The Morgan fingerprint density at radius 3 is 2.40 bits per heavy atom. The minimum atomic E-state index is -1.16. The molecule has 0 aromatic heterocycles. The number of aliphatic hydroxyl groups is 1. The van der Waals surface area contributed by atoms with Gasteiger partial charge in [0.1, 0.15) is 12.6 Å². The molecular formula is C21H24ClN3O5. The van der Waals surface area contributed by atoms with E-state index in [-0.39, 0.29) is 26.0 Å². The zero-order chi connectivity index (χ0) is 21.9. The maximum atomic E-state index is 12.1. The van der Waals surface area contributed by atoms with E-state index in [1.807, 2.05) is 30.3 Å². The Hall–Kier alpha value is -3.10. The first-order chi connectivity index (χ1) is 14.3. The molecule has 8 nitrogen and oxygen atoms in total. The zero-order valence-electron chi connectivity index (χ0n) is 16.2. The molecule has 0 bridgehead atoms. The van der Waals surface area contributed by atoms with Gasteiger partial charge in [0.2, 0.25) is 11.8 Å². The van der Waals surface area contributed by atoms with Gasteiger partial charge >= 0.3 is 6.09 Å². The molecule has 0 spiro atoms. The second-order valence-corrected chi connectivity index (χ2v) is 7.03. The number of ether oxygens (including phenoxy) is 1. The molecule has 0 unspecified atom stereocenters. The minimum Gasteiger partial charge on any atom is -0.445 e. The van der Waals surface area contributed by atoms with E-state index < -0.39 is 30.1 Å². The number of primary amides is 1. The highest BCUT2D eigenvalue weighted by Crippen LogP contribution is 2.16. The van der Waals surface area contributed by atoms with E-state index in [0.29, 0.717) is 10.6 Å². The second kappa shape index (κ2) is 11.8. The highest BCUT2D eigenvalue weighted by Gasteiger charge is 2.21. The molecule has 0 aliphatic rings. The van der Waals surface area contributed by atoms with E-state index in [9.17, 15) is 19.5 Å². The van der Waals surface area contributed by atoms with Crippen LogP contribution in [0.5, 0.6) is 0 Å². The van der Waals surface area contributed by atoms with Gasteiger partial charge in [0.15, 0.2) is 0 Å². The standard InChI is InChI=1S/C21H24ClN3O5/c22-17-9-5-4-8-15(17)10-18(20(23)28)25-19(27)11-16(26)12-24-21(29)30-13-14-6-2-1-3-7-14/h1-9,16,18,26H,10-13H2,(H2,23,28)(H,24,29)(H,25,27)/t16-,18-/m1/s1. The summed E-state index contributed by atoms with van der Waals surface area (Å²) in [4.78, 5) is 35.5. The number of hydrogen-bond acceptors (Lipinski definition) is 5. The third kappa shape index (κ3) is 8.10. The van der Waals surface area contributed by atoms with Crippen molar-refractivity contribution in [1.29, 1.82) is 0 Å². The lowest BCUT2D eigenvalue weighted by atomic mass is 10.0. The normalized spacial score (nSPS) is 12.5. The van der Waals surface area contributed by atoms with Gasteiger partial charge < -0.3 is 26.2 Å². The Labute approximate surface area is 179 Å². The summed E-state index contributed by atoms with van der Waals surface area (Å²) in [6.07, 6.45) is -2.08. The molecule has 9 heteroatoms. The van der Waals surface area contributed by atoms with E-state index in [0.717, 1.165) is 5.56 Å². The van der Waals surface area contributed by atoms with E-state index in [1.54, 1.807) is 24.3 Å². The summed E-state index contributed by atoms with van der Waals surface area (Å²) in [5.74, 6) is -1.31. The van der Waals surface area contributed by atoms with E-state index in [4.69, 9.17) is 22.1 Å². The Morgan fingerprint density at radius 1 is 1.07 bits per heavy atom. The van der Waals surface area contributed by atoms with Crippen LogP contribution < -0.4 is 16.4 Å². The number of alkyl carbamates (subject to hydrolysis) is 1. The van der Waals surface area contributed by atoms with Crippen LogP contribution in [0.2, 0.25) is 5.02 Å². The molecule has 0 aliphatic carbocycles.